The van der Waals surface area contributed by atoms with Crippen LogP contribution in [0.2, 0.25) is 0 Å². The number of rotatable bonds is 2. The third kappa shape index (κ3) is 1.42. The Balaban J connectivity index is 2.49. The van der Waals surface area contributed by atoms with Crippen LogP contribution in [-0.2, 0) is 6.54 Å². The molecule has 0 aliphatic carbocycles. The maximum Gasteiger partial charge on any atom is 0.231 e. The zero-order chi connectivity index (χ0) is 10.1. The highest BCUT2D eigenvalue weighted by Crippen LogP contribution is 2.45. The van der Waals surface area contributed by atoms with Crippen molar-refractivity contribution in [1.82, 2.24) is 5.32 Å². The van der Waals surface area contributed by atoms with E-state index in [1.165, 1.54) is 0 Å². The molecule has 1 aliphatic rings. The lowest BCUT2D eigenvalue weighted by Crippen LogP contribution is -2.05. The Labute approximate surface area is 90.0 Å². The molecular weight excluding hydrogens is 250 g/mol. The summed E-state index contributed by atoms with van der Waals surface area (Å²) in [6.07, 6.45) is 0. The first-order valence-electron chi connectivity index (χ1n) is 4.18. The van der Waals surface area contributed by atoms with E-state index < -0.39 is 0 Å². The van der Waals surface area contributed by atoms with Crippen LogP contribution in [-0.4, -0.2) is 18.9 Å². The molecule has 0 spiro atoms. The van der Waals surface area contributed by atoms with Crippen molar-refractivity contribution in [2.75, 3.05) is 13.8 Å². The van der Waals surface area contributed by atoms with Crippen molar-refractivity contribution in [3.63, 3.8) is 0 Å². The van der Waals surface area contributed by atoms with Crippen molar-refractivity contribution in [1.29, 1.82) is 0 Å². The molecule has 2 N–H and O–H groups in total. The van der Waals surface area contributed by atoms with Crippen LogP contribution >= 0.6 is 15.9 Å². The van der Waals surface area contributed by atoms with E-state index >= 15 is 0 Å². The topological polar surface area (TPSA) is 50.7 Å². The van der Waals surface area contributed by atoms with Gasteiger partial charge in [0.15, 0.2) is 11.5 Å². The molecule has 0 unspecified atom stereocenters. The summed E-state index contributed by atoms with van der Waals surface area (Å²) >= 11 is 3.27. The highest BCUT2D eigenvalue weighted by atomic mass is 79.9. The monoisotopic (exact) mass is 259 g/mol. The fraction of sp³-hybridized carbons (Fsp3) is 0.333. The quantitative estimate of drug-likeness (QED) is 0.848. The molecule has 1 heterocycles. The maximum absolute atomic E-state index is 9.77. The molecule has 0 bridgehead atoms. The molecule has 2 rings (SSSR count). The molecule has 0 atom stereocenters. The number of hydrogen-bond acceptors (Lipinski definition) is 4. The second kappa shape index (κ2) is 3.67. The van der Waals surface area contributed by atoms with Crippen molar-refractivity contribution in [2.24, 2.45) is 0 Å². The van der Waals surface area contributed by atoms with Crippen molar-refractivity contribution >= 4 is 15.9 Å². The van der Waals surface area contributed by atoms with Crippen LogP contribution < -0.4 is 14.8 Å². The number of halogens is 1. The van der Waals surface area contributed by atoms with Crippen LogP contribution in [0.3, 0.4) is 0 Å². The summed E-state index contributed by atoms with van der Waals surface area (Å²) < 4.78 is 11.0. The largest absolute Gasteiger partial charge is 0.506 e. The van der Waals surface area contributed by atoms with E-state index in [9.17, 15) is 5.11 Å². The highest BCUT2D eigenvalue weighted by Gasteiger charge is 2.22. The molecular formula is C9H10BrNO3. The molecule has 76 valence electrons. The van der Waals surface area contributed by atoms with E-state index in [2.05, 4.69) is 21.2 Å². The lowest BCUT2D eigenvalue weighted by molar-refractivity contribution is 0.173. The summed E-state index contributed by atoms with van der Waals surface area (Å²) in [5.41, 5.74) is 0.781. The van der Waals surface area contributed by atoms with E-state index in [0.717, 1.165) is 5.56 Å². The van der Waals surface area contributed by atoms with Crippen LogP contribution in [0.15, 0.2) is 10.5 Å². The Morgan fingerprint density at radius 3 is 3.07 bits per heavy atom. The molecule has 1 aromatic rings. The summed E-state index contributed by atoms with van der Waals surface area (Å²) in [7, 11) is 1.82. The smallest absolute Gasteiger partial charge is 0.231 e. The normalized spacial score (nSPS) is 13.3. The SMILES string of the molecule is CNCc1cc2c(c(Br)c1O)OCO2. The van der Waals surface area contributed by atoms with Crippen molar-refractivity contribution in [2.45, 2.75) is 6.54 Å². The fourth-order valence-corrected chi connectivity index (χ4v) is 1.93. The summed E-state index contributed by atoms with van der Waals surface area (Å²) in [5, 5.41) is 12.7. The average molecular weight is 260 g/mol. The first kappa shape index (κ1) is 9.61. The van der Waals surface area contributed by atoms with Crippen LogP contribution in [0.1, 0.15) is 5.56 Å². The number of phenolic OH excluding ortho intramolecular Hbond substituents is 1. The van der Waals surface area contributed by atoms with Crippen LogP contribution in [0.4, 0.5) is 0 Å². The zero-order valence-electron chi connectivity index (χ0n) is 7.63. The molecule has 0 radical (unpaired) electrons. The Morgan fingerprint density at radius 1 is 1.57 bits per heavy atom. The number of fused-ring (bicyclic) bond motifs is 1. The molecule has 0 saturated heterocycles. The lowest BCUT2D eigenvalue weighted by atomic mass is 10.2. The van der Waals surface area contributed by atoms with Crippen LogP contribution in [0.5, 0.6) is 17.2 Å². The lowest BCUT2D eigenvalue weighted by Gasteiger charge is -2.08. The third-order valence-electron chi connectivity index (χ3n) is 2.03. The molecule has 1 aliphatic heterocycles. The van der Waals surface area contributed by atoms with Crippen molar-refractivity contribution in [3.05, 3.63) is 16.1 Å². The number of phenols is 1. The number of benzene rings is 1. The molecule has 0 amide bonds. The Morgan fingerprint density at radius 2 is 2.36 bits per heavy atom. The first-order valence-corrected chi connectivity index (χ1v) is 4.98. The van der Waals surface area contributed by atoms with Gasteiger partial charge in [0.25, 0.3) is 0 Å². The minimum Gasteiger partial charge on any atom is -0.506 e. The minimum absolute atomic E-state index is 0.198. The fourth-order valence-electron chi connectivity index (χ4n) is 1.37. The standard InChI is InChI=1S/C9H10BrNO3/c1-11-3-5-2-6-9(14-4-13-6)7(10)8(5)12/h2,11-12H,3-4H2,1H3. The zero-order valence-corrected chi connectivity index (χ0v) is 9.22. The van der Waals surface area contributed by atoms with Gasteiger partial charge in [-0.1, -0.05) is 0 Å². The van der Waals surface area contributed by atoms with Crippen molar-refractivity contribution < 1.29 is 14.6 Å². The molecule has 5 heteroatoms. The predicted octanol–water partition coefficient (Wildman–Crippen LogP) is 1.60. The van der Waals surface area contributed by atoms with E-state index in [1.54, 1.807) is 6.07 Å². The van der Waals surface area contributed by atoms with Crippen molar-refractivity contribution in [3.8, 4) is 17.2 Å². The molecule has 0 aromatic heterocycles. The van der Waals surface area contributed by atoms with Gasteiger partial charge >= 0.3 is 0 Å². The number of ether oxygens (including phenoxy) is 2. The average Bonchev–Trinajstić information content (AvgIpc) is 2.62. The molecule has 1 aromatic carbocycles. The van der Waals surface area contributed by atoms with E-state index in [1.807, 2.05) is 7.05 Å². The van der Waals surface area contributed by atoms with Gasteiger partial charge in [0.1, 0.15) is 10.2 Å². The third-order valence-corrected chi connectivity index (χ3v) is 2.76. The molecule has 14 heavy (non-hydrogen) atoms. The van der Waals surface area contributed by atoms with Gasteiger partial charge in [0.05, 0.1) is 0 Å². The van der Waals surface area contributed by atoms with Gasteiger partial charge in [-0.05, 0) is 29.0 Å². The minimum atomic E-state index is 0.198. The van der Waals surface area contributed by atoms with Gasteiger partial charge in [-0.3, -0.25) is 0 Å². The Bertz CT molecular complexity index is 368. The maximum atomic E-state index is 9.77. The molecule has 4 nitrogen and oxygen atoms in total. The van der Waals surface area contributed by atoms with Gasteiger partial charge in [-0.2, -0.15) is 0 Å². The number of hydrogen-bond donors (Lipinski definition) is 2. The Kier molecular flexibility index (Phi) is 2.52. The number of nitrogens with one attached hydrogen (secondary N) is 1. The second-order valence-corrected chi connectivity index (χ2v) is 3.76. The first-order chi connectivity index (χ1) is 6.74. The molecule has 0 fully saturated rings. The van der Waals surface area contributed by atoms with Crippen LogP contribution in [0.25, 0.3) is 0 Å². The number of aromatic hydroxyl groups is 1. The molecule has 0 saturated carbocycles. The van der Waals surface area contributed by atoms with E-state index in [4.69, 9.17) is 9.47 Å². The summed E-state index contributed by atoms with van der Waals surface area (Å²) in [6.45, 7) is 0.789. The van der Waals surface area contributed by atoms with Gasteiger partial charge < -0.3 is 19.9 Å². The van der Waals surface area contributed by atoms with Gasteiger partial charge in [0, 0.05) is 12.1 Å². The summed E-state index contributed by atoms with van der Waals surface area (Å²) in [4.78, 5) is 0. The predicted molar refractivity (Wildman–Crippen MR) is 54.7 cm³/mol. The van der Waals surface area contributed by atoms with Gasteiger partial charge in [-0.25, -0.2) is 0 Å². The van der Waals surface area contributed by atoms with E-state index in [-0.39, 0.29) is 12.5 Å². The van der Waals surface area contributed by atoms with E-state index in [0.29, 0.717) is 22.5 Å². The summed E-state index contributed by atoms with van der Waals surface area (Å²) in [5.74, 6) is 1.44. The van der Waals surface area contributed by atoms with Gasteiger partial charge in [0.2, 0.25) is 6.79 Å². The van der Waals surface area contributed by atoms with Crippen LogP contribution in [0, 0.1) is 0 Å². The highest BCUT2D eigenvalue weighted by molar-refractivity contribution is 9.10. The summed E-state index contributed by atoms with van der Waals surface area (Å²) in [6, 6.07) is 1.78. The second-order valence-electron chi connectivity index (χ2n) is 2.96. The van der Waals surface area contributed by atoms with Gasteiger partial charge in [-0.15, -0.1) is 0 Å². The Hall–Kier alpha value is -0.940.